The summed E-state index contributed by atoms with van der Waals surface area (Å²) in [7, 11) is 0. The smallest absolute Gasteiger partial charge is 0.319 e. The molecule has 4 fully saturated rings. The highest BCUT2D eigenvalue weighted by Gasteiger charge is 2.48. The number of phenols is 1. The van der Waals surface area contributed by atoms with Crippen LogP contribution in [-0.2, 0) is 11.2 Å². The van der Waals surface area contributed by atoms with Gasteiger partial charge in [-0.25, -0.2) is 8.78 Å². The van der Waals surface area contributed by atoms with Crippen molar-refractivity contribution >= 4 is 27.5 Å². The number of anilines is 1. The molecule has 10 heteroatoms. The van der Waals surface area contributed by atoms with Gasteiger partial charge in [-0.2, -0.15) is 9.97 Å². The van der Waals surface area contributed by atoms with E-state index in [2.05, 4.69) is 26.7 Å². The average molecular weight is 616 g/mol. The summed E-state index contributed by atoms with van der Waals surface area (Å²) in [4.78, 5) is 18.8. The molecule has 8 nitrogen and oxygen atoms in total. The fourth-order valence-corrected chi connectivity index (χ4v) is 8.48. The van der Waals surface area contributed by atoms with E-state index in [-0.39, 0.29) is 39.9 Å². The quantitative estimate of drug-likeness (QED) is 0.267. The first-order chi connectivity index (χ1) is 21.8. The Kier molecular flexibility index (Phi) is 6.87. The molecule has 236 valence electrons. The van der Waals surface area contributed by atoms with Crippen LogP contribution in [0.3, 0.4) is 0 Å². The molecule has 4 aliphatic heterocycles. The van der Waals surface area contributed by atoms with Crippen molar-refractivity contribution < 1.29 is 23.4 Å². The first kappa shape index (κ1) is 28.8. The SMILES string of the molecule is CCc1c(F)ccc2cc(O)cc(-c3ncc4c(N5CCC6(CCO6)CC5)nc(OC[C@@]56CCCN5C[C@H](C)C6)nc4c3F)c12. The number of rotatable bonds is 6. The van der Waals surface area contributed by atoms with Crippen LogP contribution >= 0.6 is 0 Å². The standard InChI is InChI=1S/C35H39F2N5O3/c1-3-24-27(36)6-5-22-15-23(43)16-25(28(22)24)30-29(37)31-26(18-38-30)32(41-12-8-35(9-13-41)10-14-45-35)40-33(39-31)44-20-34-7-4-11-42(34)19-21(2)17-34/h5-6,15-16,18,21,43H,3-4,7-14,17,19-20H2,1-2H3/t21-,34+/m1/s1. The van der Waals surface area contributed by atoms with E-state index in [0.29, 0.717) is 52.0 Å². The van der Waals surface area contributed by atoms with E-state index >= 15 is 4.39 Å². The van der Waals surface area contributed by atoms with Crippen LogP contribution < -0.4 is 9.64 Å². The van der Waals surface area contributed by atoms with Crippen LogP contribution in [0.4, 0.5) is 14.6 Å². The van der Waals surface area contributed by atoms with Crippen LogP contribution in [0, 0.1) is 17.6 Å². The maximum absolute atomic E-state index is 16.8. The van der Waals surface area contributed by atoms with Gasteiger partial charge in [0.25, 0.3) is 0 Å². The van der Waals surface area contributed by atoms with Gasteiger partial charge < -0.3 is 19.5 Å². The number of fused-ring (bicyclic) bond motifs is 3. The predicted octanol–water partition coefficient (Wildman–Crippen LogP) is 6.40. The van der Waals surface area contributed by atoms with Crippen LogP contribution in [0.2, 0.25) is 0 Å². The van der Waals surface area contributed by atoms with Crippen LogP contribution in [0.15, 0.2) is 30.5 Å². The summed E-state index contributed by atoms with van der Waals surface area (Å²) >= 11 is 0. The fourth-order valence-electron chi connectivity index (χ4n) is 8.48. The molecule has 45 heavy (non-hydrogen) atoms. The summed E-state index contributed by atoms with van der Waals surface area (Å²) in [5.41, 5.74) is 0.785. The van der Waals surface area contributed by atoms with Crippen molar-refractivity contribution in [3.63, 3.8) is 0 Å². The van der Waals surface area contributed by atoms with Crippen molar-refractivity contribution in [1.82, 2.24) is 19.9 Å². The Labute approximate surface area is 261 Å². The first-order valence-electron chi connectivity index (χ1n) is 16.4. The molecule has 2 aromatic carbocycles. The van der Waals surface area contributed by atoms with Gasteiger partial charge in [0.1, 0.15) is 35.2 Å². The summed E-state index contributed by atoms with van der Waals surface area (Å²) in [5.74, 6) is 0.121. The number of ether oxygens (including phenoxy) is 2. The molecule has 1 N–H and O–H groups in total. The number of phenolic OH excluding ortho intramolecular Hbond substituents is 1. The molecule has 2 aromatic heterocycles. The largest absolute Gasteiger partial charge is 0.508 e. The molecule has 2 atom stereocenters. The number of hydrogen-bond acceptors (Lipinski definition) is 8. The number of piperidine rings is 1. The molecule has 0 aliphatic carbocycles. The lowest BCUT2D eigenvalue weighted by atomic mass is 9.84. The number of aromatic hydroxyl groups is 1. The van der Waals surface area contributed by atoms with Gasteiger partial charge >= 0.3 is 6.01 Å². The van der Waals surface area contributed by atoms with E-state index in [9.17, 15) is 9.50 Å². The van der Waals surface area contributed by atoms with Crippen molar-refractivity contribution in [2.75, 3.05) is 44.3 Å². The molecule has 0 saturated carbocycles. The average Bonchev–Trinajstić information content (AvgIpc) is 3.55. The Bertz CT molecular complexity index is 1800. The van der Waals surface area contributed by atoms with Gasteiger partial charge in [-0.15, -0.1) is 0 Å². The summed E-state index contributed by atoms with van der Waals surface area (Å²) in [6, 6.07) is 6.15. The van der Waals surface area contributed by atoms with Gasteiger partial charge in [0, 0.05) is 31.4 Å². The number of aromatic nitrogens is 3. The van der Waals surface area contributed by atoms with E-state index in [0.717, 1.165) is 71.3 Å². The number of aryl methyl sites for hydroxylation is 1. The van der Waals surface area contributed by atoms with Crippen molar-refractivity contribution in [1.29, 1.82) is 0 Å². The number of pyridine rings is 1. The minimum atomic E-state index is -0.648. The van der Waals surface area contributed by atoms with Gasteiger partial charge in [0.15, 0.2) is 5.82 Å². The molecule has 4 aliphatic rings. The first-order valence-corrected chi connectivity index (χ1v) is 16.4. The maximum Gasteiger partial charge on any atom is 0.319 e. The van der Waals surface area contributed by atoms with E-state index < -0.39 is 5.82 Å². The molecule has 6 heterocycles. The highest BCUT2D eigenvalue weighted by molar-refractivity contribution is 6.01. The minimum Gasteiger partial charge on any atom is -0.508 e. The van der Waals surface area contributed by atoms with Gasteiger partial charge in [0.2, 0.25) is 0 Å². The third-order valence-electron chi connectivity index (χ3n) is 10.8. The van der Waals surface area contributed by atoms with Crippen molar-refractivity contribution in [3.8, 4) is 23.0 Å². The molecular formula is C35H39F2N5O3. The Balaban J connectivity index is 1.25. The molecule has 0 unspecified atom stereocenters. The van der Waals surface area contributed by atoms with Gasteiger partial charge in [-0.1, -0.05) is 19.9 Å². The molecule has 4 saturated heterocycles. The molecule has 8 rings (SSSR count). The third kappa shape index (κ3) is 4.71. The van der Waals surface area contributed by atoms with Crippen LogP contribution in [-0.4, -0.2) is 75.5 Å². The number of hydrogen-bond donors (Lipinski definition) is 1. The Hall–Kier alpha value is -3.63. The van der Waals surface area contributed by atoms with Crippen molar-refractivity contribution in [2.45, 2.75) is 69.9 Å². The highest BCUT2D eigenvalue weighted by Crippen LogP contribution is 2.43. The highest BCUT2D eigenvalue weighted by atomic mass is 19.1. The molecular weight excluding hydrogens is 576 g/mol. The summed E-state index contributed by atoms with van der Waals surface area (Å²) in [5, 5.41) is 12.2. The Morgan fingerprint density at radius 3 is 2.67 bits per heavy atom. The molecule has 0 amide bonds. The van der Waals surface area contributed by atoms with E-state index in [4.69, 9.17) is 14.5 Å². The van der Waals surface area contributed by atoms with Crippen LogP contribution in [0.5, 0.6) is 11.8 Å². The summed E-state index contributed by atoms with van der Waals surface area (Å²) in [6.07, 6.45) is 8.08. The summed E-state index contributed by atoms with van der Waals surface area (Å²) in [6.45, 7) is 8.97. The van der Waals surface area contributed by atoms with E-state index in [1.165, 1.54) is 12.1 Å². The zero-order valence-corrected chi connectivity index (χ0v) is 25.9. The summed E-state index contributed by atoms with van der Waals surface area (Å²) < 4.78 is 44.2. The molecule has 0 bridgehead atoms. The number of benzene rings is 2. The predicted molar refractivity (Wildman–Crippen MR) is 169 cm³/mol. The third-order valence-corrected chi connectivity index (χ3v) is 10.8. The van der Waals surface area contributed by atoms with Gasteiger partial charge in [-0.3, -0.25) is 9.88 Å². The topological polar surface area (TPSA) is 83.8 Å². The molecule has 0 radical (unpaired) electrons. The lowest BCUT2D eigenvalue weighted by Crippen LogP contribution is -2.52. The minimum absolute atomic E-state index is 0.00458. The lowest BCUT2D eigenvalue weighted by molar-refractivity contribution is -0.158. The second-order valence-electron chi connectivity index (χ2n) is 13.6. The number of nitrogens with zero attached hydrogens (tertiary/aromatic N) is 5. The maximum atomic E-state index is 16.8. The Morgan fingerprint density at radius 2 is 1.91 bits per heavy atom. The van der Waals surface area contributed by atoms with Gasteiger partial charge in [0.05, 0.1) is 23.1 Å². The van der Waals surface area contributed by atoms with E-state index in [1.807, 2.05) is 6.92 Å². The number of halogens is 2. The second kappa shape index (κ2) is 10.7. The lowest BCUT2D eigenvalue weighted by Gasteiger charge is -2.47. The zero-order chi connectivity index (χ0) is 30.9. The van der Waals surface area contributed by atoms with Crippen molar-refractivity contribution in [3.05, 3.63) is 47.7 Å². The fraction of sp³-hybridized carbons (Fsp3) is 0.514. The molecule has 4 aromatic rings. The van der Waals surface area contributed by atoms with Gasteiger partial charge in [-0.05, 0) is 91.9 Å². The second-order valence-corrected chi connectivity index (χ2v) is 13.6. The monoisotopic (exact) mass is 615 g/mol. The van der Waals surface area contributed by atoms with Crippen LogP contribution in [0.25, 0.3) is 32.9 Å². The molecule has 1 spiro atoms. The van der Waals surface area contributed by atoms with Crippen molar-refractivity contribution in [2.24, 2.45) is 5.92 Å². The Morgan fingerprint density at radius 1 is 1.09 bits per heavy atom. The normalized spacial score (nSPS) is 24.4. The zero-order valence-electron chi connectivity index (χ0n) is 25.9. The van der Waals surface area contributed by atoms with Crippen LogP contribution in [0.1, 0.15) is 57.9 Å². The van der Waals surface area contributed by atoms with E-state index in [1.54, 1.807) is 18.3 Å².